The first-order valence-electron chi connectivity index (χ1n) is 12.5. The summed E-state index contributed by atoms with van der Waals surface area (Å²) in [5.74, 6) is -4.41. The van der Waals surface area contributed by atoms with Crippen LogP contribution in [0, 0.1) is 11.3 Å². The molecule has 0 aliphatic carbocycles. The van der Waals surface area contributed by atoms with Crippen LogP contribution >= 0.6 is 0 Å². The van der Waals surface area contributed by atoms with Crippen LogP contribution in [-0.4, -0.2) is 68.3 Å². The molecule has 1 unspecified atom stereocenters. The second kappa shape index (κ2) is 16.7. The Kier molecular flexibility index (Phi) is 15.2. The molecule has 0 saturated heterocycles. The first-order chi connectivity index (χ1) is 19.1. The first-order valence-corrected chi connectivity index (χ1v) is 12.5. The molecule has 10 nitrogen and oxygen atoms in total. The van der Waals surface area contributed by atoms with Crippen molar-refractivity contribution in [1.29, 1.82) is 0 Å². The van der Waals surface area contributed by atoms with E-state index in [4.69, 9.17) is 30.0 Å². The van der Waals surface area contributed by atoms with Crippen LogP contribution in [0.5, 0.6) is 0 Å². The van der Waals surface area contributed by atoms with Gasteiger partial charge in [-0.05, 0) is 48.1 Å². The van der Waals surface area contributed by atoms with E-state index in [9.17, 15) is 31.1 Å². The molecule has 1 amide bonds. The Bertz CT molecular complexity index is 1180. The van der Waals surface area contributed by atoms with Gasteiger partial charge in [-0.15, -0.1) is 0 Å². The Morgan fingerprint density at radius 1 is 1.02 bits per heavy atom. The van der Waals surface area contributed by atoms with Gasteiger partial charge in [0.25, 0.3) is 5.91 Å². The van der Waals surface area contributed by atoms with Crippen LogP contribution in [0.4, 0.5) is 26.3 Å². The van der Waals surface area contributed by atoms with Crippen molar-refractivity contribution in [3.63, 3.8) is 0 Å². The van der Waals surface area contributed by atoms with Crippen LogP contribution in [0.3, 0.4) is 0 Å². The quantitative estimate of drug-likeness (QED) is 0.0865. The van der Waals surface area contributed by atoms with Gasteiger partial charge in [0.2, 0.25) is 0 Å². The zero-order valence-electron chi connectivity index (χ0n) is 23.7. The van der Waals surface area contributed by atoms with Crippen LogP contribution in [0.1, 0.15) is 52.4 Å². The molecule has 1 atom stereocenters. The molecule has 0 aliphatic rings. The second-order valence-corrected chi connectivity index (χ2v) is 10.3. The SMILES string of the molecule is CCNCCn1c(CC(C)CC(C)(C)C)nc2cc(/C=C/C(=O)NO)ccc21.O=C(O)C(F)(F)F.O=C(O)C(F)(F)F. The summed E-state index contributed by atoms with van der Waals surface area (Å²) in [5.41, 5.74) is 4.82. The maximum absolute atomic E-state index is 11.2. The van der Waals surface area contributed by atoms with Crippen LogP contribution in [0.15, 0.2) is 24.3 Å². The van der Waals surface area contributed by atoms with Crippen molar-refractivity contribution in [2.75, 3.05) is 13.1 Å². The number of hydrogen-bond donors (Lipinski definition) is 5. The van der Waals surface area contributed by atoms with Gasteiger partial charge in [0, 0.05) is 25.6 Å². The third-order valence-electron chi connectivity index (χ3n) is 5.13. The first kappa shape index (κ1) is 38.3. The number of fused-ring (bicyclic) bond motifs is 1. The number of carboxylic acid groups (broad SMARTS) is 2. The molecule has 16 heteroatoms. The topological polar surface area (TPSA) is 154 Å². The zero-order chi connectivity index (χ0) is 32.9. The van der Waals surface area contributed by atoms with Gasteiger partial charge in [-0.2, -0.15) is 26.3 Å². The largest absolute Gasteiger partial charge is 0.490 e. The van der Waals surface area contributed by atoms with Gasteiger partial charge < -0.3 is 20.1 Å². The third kappa shape index (κ3) is 15.4. The summed E-state index contributed by atoms with van der Waals surface area (Å²) in [4.78, 5) is 33.9. The fourth-order valence-corrected chi connectivity index (χ4v) is 3.71. The number of alkyl halides is 6. The van der Waals surface area contributed by atoms with Gasteiger partial charge in [-0.3, -0.25) is 10.0 Å². The van der Waals surface area contributed by atoms with Crippen molar-refractivity contribution in [3.05, 3.63) is 35.7 Å². The number of imidazole rings is 1. The number of nitrogens with zero attached hydrogens (tertiary/aromatic N) is 2. The van der Waals surface area contributed by atoms with Crippen molar-refractivity contribution < 1.29 is 56.1 Å². The average molecular weight is 615 g/mol. The Morgan fingerprint density at radius 3 is 1.98 bits per heavy atom. The van der Waals surface area contributed by atoms with Crippen LogP contribution in [0.2, 0.25) is 0 Å². The number of halogens is 6. The highest BCUT2D eigenvalue weighted by atomic mass is 19.4. The van der Waals surface area contributed by atoms with Gasteiger partial charge in [0.1, 0.15) is 5.82 Å². The molecule has 1 aromatic heterocycles. The summed E-state index contributed by atoms with van der Waals surface area (Å²) in [5, 5.41) is 26.3. The number of benzene rings is 1. The van der Waals surface area contributed by atoms with E-state index in [2.05, 4.69) is 50.6 Å². The smallest absolute Gasteiger partial charge is 0.475 e. The fourth-order valence-electron chi connectivity index (χ4n) is 3.71. The number of amides is 1. The van der Waals surface area contributed by atoms with Gasteiger partial charge in [0.15, 0.2) is 0 Å². The maximum Gasteiger partial charge on any atom is 0.490 e. The van der Waals surface area contributed by atoms with E-state index in [0.29, 0.717) is 11.3 Å². The molecule has 0 fully saturated rings. The Labute approximate surface area is 238 Å². The van der Waals surface area contributed by atoms with Crippen LogP contribution < -0.4 is 10.8 Å². The summed E-state index contributed by atoms with van der Waals surface area (Å²) >= 11 is 0. The molecule has 2 rings (SSSR count). The molecular weight excluding hydrogens is 578 g/mol. The molecule has 238 valence electrons. The van der Waals surface area contributed by atoms with Crippen molar-refractivity contribution in [2.45, 2.75) is 66.4 Å². The lowest BCUT2D eigenvalue weighted by Gasteiger charge is -2.23. The summed E-state index contributed by atoms with van der Waals surface area (Å²) in [6.45, 7) is 14.0. The second-order valence-electron chi connectivity index (χ2n) is 10.3. The number of hydroxylamine groups is 1. The number of carbonyl (C=O) groups excluding carboxylic acids is 1. The Hall–Kier alpha value is -3.66. The number of aliphatic carboxylic acids is 2. The maximum atomic E-state index is 11.2. The highest BCUT2D eigenvalue weighted by Gasteiger charge is 2.38. The normalized spacial score (nSPS) is 12.7. The molecule has 5 N–H and O–H groups in total. The number of hydrogen-bond acceptors (Lipinski definition) is 6. The molecule has 2 aromatic rings. The van der Waals surface area contributed by atoms with E-state index in [0.717, 1.165) is 54.9 Å². The predicted molar refractivity (Wildman–Crippen MR) is 142 cm³/mol. The number of nitrogens with one attached hydrogen (secondary N) is 2. The minimum absolute atomic E-state index is 0.297. The lowest BCUT2D eigenvalue weighted by molar-refractivity contribution is -0.193. The molecule has 0 bridgehead atoms. The highest BCUT2D eigenvalue weighted by molar-refractivity contribution is 5.91. The van der Waals surface area contributed by atoms with Crippen molar-refractivity contribution in [3.8, 4) is 0 Å². The number of likely N-dealkylation sites (N-methyl/N-ethyl adjacent to an activating group) is 1. The molecule has 1 aromatic carbocycles. The molecule has 0 spiro atoms. The van der Waals surface area contributed by atoms with Crippen LogP contribution in [0.25, 0.3) is 17.1 Å². The highest BCUT2D eigenvalue weighted by Crippen LogP contribution is 2.28. The summed E-state index contributed by atoms with van der Waals surface area (Å²) in [6.07, 6.45) is -5.11. The van der Waals surface area contributed by atoms with E-state index in [1.807, 2.05) is 12.1 Å². The van der Waals surface area contributed by atoms with E-state index in [1.165, 1.54) is 6.08 Å². The predicted octanol–water partition coefficient (Wildman–Crippen LogP) is 5.05. The minimum Gasteiger partial charge on any atom is -0.475 e. The van der Waals surface area contributed by atoms with E-state index in [1.54, 1.807) is 11.6 Å². The zero-order valence-corrected chi connectivity index (χ0v) is 23.7. The number of rotatable bonds is 9. The summed E-state index contributed by atoms with van der Waals surface area (Å²) < 4.78 is 65.8. The molecule has 0 saturated carbocycles. The van der Waals surface area contributed by atoms with Gasteiger partial charge in [-0.25, -0.2) is 20.1 Å². The summed E-state index contributed by atoms with van der Waals surface area (Å²) in [7, 11) is 0. The van der Waals surface area contributed by atoms with E-state index < -0.39 is 30.2 Å². The lowest BCUT2D eigenvalue weighted by atomic mass is 9.84. The van der Waals surface area contributed by atoms with Crippen molar-refractivity contribution >= 4 is 35.0 Å². The molecule has 1 heterocycles. The van der Waals surface area contributed by atoms with Crippen molar-refractivity contribution in [2.24, 2.45) is 11.3 Å². The van der Waals surface area contributed by atoms with Crippen LogP contribution in [-0.2, 0) is 27.3 Å². The number of carbonyl (C=O) groups is 3. The van der Waals surface area contributed by atoms with Gasteiger partial charge >= 0.3 is 24.3 Å². The van der Waals surface area contributed by atoms with E-state index >= 15 is 0 Å². The summed E-state index contributed by atoms with van der Waals surface area (Å²) in [6, 6.07) is 6.01. The standard InChI is InChI=1S/C22H34N4O2.2C2HF3O2/c1-6-23-11-12-26-19-9-7-17(8-10-21(27)25-28)14-18(19)24-20(26)13-16(2)15-22(3,4)5;2*3-2(4,5)1(6)7/h7-10,14,16,23,28H,6,11-13,15H2,1-5H3,(H,25,27);2*(H,6,7)/b10-8+;;. The molecular formula is C26H36F6N4O6. The number of carboxylic acids is 2. The molecule has 42 heavy (non-hydrogen) atoms. The third-order valence-corrected chi connectivity index (χ3v) is 5.13. The van der Waals surface area contributed by atoms with Gasteiger partial charge in [-0.1, -0.05) is 40.7 Å². The number of aromatic nitrogens is 2. The average Bonchev–Trinajstić information content (AvgIpc) is 3.16. The van der Waals surface area contributed by atoms with E-state index in [-0.39, 0.29) is 0 Å². The van der Waals surface area contributed by atoms with Crippen molar-refractivity contribution in [1.82, 2.24) is 20.3 Å². The fraction of sp³-hybridized carbons (Fsp3) is 0.538. The minimum atomic E-state index is -5.08. The lowest BCUT2D eigenvalue weighted by Crippen LogP contribution is -2.21. The Balaban J connectivity index is 0.000000990. The van der Waals surface area contributed by atoms with Gasteiger partial charge in [0.05, 0.1) is 11.0 Å². The molecule has 0 aliphatic heterocycles. The molecule has 0 radical (unpaired) electrons. The Morgan fingerprint density at radius 2 is 1.55 bits per heavy atom. The monoisotopic (exact) mass is 614 g/mol.